The Hall–Kier alpha value is -2.29. The summed E-state index contributed by atoms with van der Waals surface area (Å²) in [4.78, 5) is 4.52. The van der Waals surface area contributed by atoms with Crippen molar-refractivity contribution in [2.24, 2.45) is 5.92 Å². The zero-order valence-corrected chi connectivity index (χ0v) is 11.7. The molecule has 3 heteroatoms. The Kier molecular flexibility index (Phi) is 3.42. The number of rotatable bonds is 4. The summed E-state index contributed by atoms with van der Waals surface area (Å²) in [5, 5.41) is 0. The highest BCUT2D eigenvalue weighted by Crippen LogP contribution is 2.31. The molecular weight excluding hydrogens is 250 g/mol. The highest BCUT2D eigenvalue weighted by molar-refractivity contribution is 5.77. The van der Waals surface area contributed by atoms with Crippen molar-refractivity contribution in [3.63, 3.8) is 0 Å². The van der Waals surface area contributed by atoms with Crippen LogP contribution in [0, 0.1) is 5.92 Å². The van der Waals surface area contributed by atoms with Crippen molar-refractivity contribution < 1.29 is 9.15 Å². The smallest absolute Gasteiger partial charge is 0.231 e. The molecule has 0 unspecified atom stereocenters. The van der Waals surface area contributed by atoms with Crippen LogP contribution in [0.4, 0.5) is 0 Å². The van der Waals surface area contributed by atoms with Gasteiger partial charge in [0.15, 0.2) is 5.58 Å². The first kappa shape index (κ1) is 12.7. The van der Waals surface area contributed by atoms with Crippen LogP contribution < -0.4 is 4.74 Å². The first-order valence-electron chi connectivity index (χ1n) is 6.82. The van der Waals surface area contributed by atoms with Crippen LogP contribution in [0.5, 0.6) is 5.75 Å². The van der Waals surface area contributed by atoms with Crippen molar-refractivity contribution >= 4 is 11.1 Å². The number of hydrogen-bond donors (Lipinski definition) is 0. The number of para-hydroxylation sites is 3. The summed E-state index contributed by atoms with van der Waals surface area (Å²) < 4.78 is 11.7. The number of hydrogen-bond acceptors (Lipinski definition) is 3. The van der Waals surface area contributed by atoms with E-state index in [-0.39, 0.29) is 0 Å². The van der Waals surface area contributed by atoms with E-state index in [1.165, 1.54) is 0 Å². The summed E-state index contributed by atoms with van der Waals surface area (Å²) in [6, 6.07) is 15.6. The fraction of sp³-hybridized carbons (Fsp3) is 0.235. The third-order valence-electron chi connectivity index (χ3n) is 2.98. The maximum Gasteiger partial charge on any atom is 0.231 e. The lowest BCUT2D eigenvalue weighted by atomic mass is 10.2. The van der Waals surface area contributed by atoms with Gasteiger partial charge in [-0.2, -0.15) is 0 Å². The second-order valence-corrected chi connectivity index (χ2v) is 5.19. The Morgan fingerprint density at radius 2 is 1.80 bits per heavy atom. The van der Waals surface area contributed by atoms with E-state index in [4.69, 9.17) is 9.15 Å². The maximum absolute atomic E-state index is 5.85. The molecule has 1 aromatic heterocycles. The first-order valence-corrected chi connectivity index (χ1v) is 6.82. The van der Waals surface area contributed by atoms with E-state index in [9.17, 15) is 0 Å². The molecule has 0 aliphatic heterocycles. The lowest BCUT2D eigenvalue weighted by Gasteiger charge is -2.11. The van der Waals surface area contributed by atoms with E-state index in [0.717, 1.165) is 22.4 Å². The normalized spacial score (nSPS) is 11.2. The molecule has 0 radical (unpaired) electrons. The van der Waals surface area contributed by atoms with E-state index in [1.807, 2.05) is 48.5 Å². The molecule has 2 aromatic carbocycles. The number of nitrogens with zero attached hydrogens (tertiary/aromatic N) is 1. The van der Waals surface area contributed by atoms with E-state index in [2.05, 4.69) is 18.8 Å². The van der Waals surface area contributed by atoms with Gasteiger partial charge in [0.25, 0.3) is 0 Å². The van der Waals surface area contributed by atoms with E-state index < -0.39 is 0 Å². The zero-order chi connectivity index (χ0) is 13.9. The summed E-state index contributed by atoms with van der Waals surface area (Å²) in [6.07, 6.45) is 0. The van der Waals surface area contributed by atoms with Gasteiger partial charge >= 0.3 is 0 Å². The predicted octanol–water partition coefficient (Wildman–Crippen LogP) is 4.53. The molecule has 0 N–H and O–H groups in total. The Labute approximate surface area is 118 Å². The van der Waals surface area contributed by atoms with Crippen LogP contribution in [0.25, 0.3) is 22.6 Å². The van der Waals surface area contributed by atoms with Gasteiger partial charge < -0.3 is 9.15 Å². The fourth-order valence-electron chi connectivity index (χ4n) is 2.01. The average molecular weight is 267 g/mol. The lowest BCUT2D eigenvalue weighted by molar-refractivity contribution is 0.271. The van der Waals surface area contributed by atoms with Gasteiger partial charge in [0.05, 0.1) is 12.2 Å². The van der Waals surface area contributed by atoms with Crippen LogP contribution in [0.2, 0.25) is 0 Å². The molecule has 0 fully saturated rings. The van der Waals surface area contributed by atoms with E-state index in [1.54, 1.807) is 0 Å². The predicted molar refractivity (Wildman–Crippen MR) is 79.8 cm³/mol. The Bertz CT molecular complexity index is 683. The molecule has 3 rings (SSSR count). The van der Waals surface area contributed by atoms with E-state index in [0.29, 0.717) is 18.4 Å². The molecule has 0 aliphatic carbocycles. The molecule has 0 spiro atoms. The molecule has 0 amide bonds. The van der Waals surface area contributed by atoms with Crippen molar-refractivity contribution in [3.8, 4) is 17.2 Å². The van der Waals surface area contributed by atoms with Gasteiger partial charge in [-0.25, -0.2) is 4.98 Å². The summed E-state index contributed by atoms with van der Waals surface area (Å²) in [5.41, 5.74) is 2.55. The quantitative estimate of drug-likeness (QED) is 0.696. The number of fused-ring (bicyclic) bond motifs is 1. The third kappa shape index (κ3) is 2.52. The van der Waals surface area contributed by atoms with Crippen molar-refractivity contribution in [1.29, 1.82) is 0 Å². The summed E-state index contributed by atoms with van der Waals surface area (Å²) in [7, 11) is 0. The number of ether oxygens (including phenoxy) is 1. The molecule has 0 aliphatic rings. The average Bonchev–Trinajstić information content (AvgIpc) is 2.89. The van der Waals surface area contributed by atoms with Crippen LogP contribution >= 0.6 is 0 Å². The summed E-state index contributed by atoms with van der Waals surface area (Å²) in [5.74, 6) is 1.89. The van der Waals surface area contributed by atoms with Crippen molar-refractivity contribution in [1.82, 2.24) is 4.98 Å². The molecule has 0 atom stereocenters. The van der Waals surface area contributed by atoms with Gasteiger partial charge in [-0.3, -0.25) is 0 Å². The van der Waals surface area contributed by atoms with E-state index >= 15 is 0 Å². The van der Waals surface area contributed by atoms with Gasteiger partial charge in [-0.15, -0.1) is 0 Å². The van der Waals surface area contributed by atoms with Crippen molar-refractivity contribution in [2.45, 2.75) is 13.8 Å². The van der Waals surface area contributed by atoms with Gasteiger partial charge in [0.1, 0.15) is 11.3 Å². The monoisotopic (exact) mass is 267 g/mol. The fourth-order valence-corrected chi connectivity index (χ4v) is 2.01. The summed E-state index contributed by atoms with van der Waals surface area (Å²) >= 11 is 0. The van der Waals surface area contributed by atoms with Gasteiger partial charge in [0.2, 0.25) is 5.89 Å². The zero-order valence-electron chi connectivity index (χ0n) is 11.7. The largest absolute Gasteiger partial charge is 0.492 e. The first-order chi connectivity index (χ1) is 9.74. The molecule has 1 heterocycles. The Morgan fingerprint density at radius 1 is 1.05 bits per heavy atom. The second kappa shape index (κ2) is 5.37. The number of oxazole rings is 1. The van der Waals surface area contributed by atoms with Gasteiger partial charge in [0, 0.05) is 0 Å². The molecule has 0 saturated heterocycles. The topological polar surface area (TPSA) is 35.3 Å². The molecule has 3 aromatic rings. The maximum atomic E-state index is 5.85. The van der Waals surface area contributed by atoms with Crippen LogP contribution in [0.15, 0.2) is 52.9 Å². The molecule has 0 bridgehead atoms. The SMILES string of the molecule is CC(C)COc1ccccc1-c1nc2ccccc2o1. The highest BCUT2D eigenvalue weighted by atomic mass is 16.5. The van der Waals surface area contributed by atoms with Crippen molar-refractivity contribution in [2.75, 3.05) is 6.61 Å². The Morgan fingerprint density at radius 3 is 2.60 bits per heavy atom. The molecule has 102 valence electrons. The van der Waals surface area contributed by atoms with Crippen LogP contribution in [0.3, 0.4) is 0 Å². The minimum absolute atomic E-state index is 0.478. The molecule has 3 nitrogen and oxygen atoms in total. The van der Waals surface area contributed by atoms with Crippen LogP contribution in [-0.4, -0.2) is 11.6 Å². The van der Waals surface area contributed by atoms with Crippen molar-refractivity contribution in [3.05, 3.63) is 48.5 Å². The number of aromatic nitrogens is 1. The van der Waals surface area contributed by atoms with Crippen LogP contribution in [-0.2, 0) is 0 Å². The second-order valence-electron chi connectivity index (χ2n) is 5.19. The minimum atomic E-state index is 0.478. The standard InChI is InChI=1S/C17H17NO2/c1-12(2)11-19-15-9-5-3-7-13(15)17-18-14-8-4-6-10-16(14)20-17/h3-10,12H,11H2,1-2H3. The minimum Gasteiger partial charge on any atom is -0.492 e. The van der Waals surface area contributed by atoms with Gasteiger partial charge in [-0.05, 0) is 30.2 Å². The number of benzene rings is 2. The molecular formula is C17H17NO2. The summed E-state index contributed by atoms with van der Waals surface area (Å²) in [6.45, 7) is 4.93. The molecule has 0 saturated carbocycles. The lowest BCUT2D eigenvalue weighted by Crippen LogP contribution is -2.05. The van der Waals surface area contributed by atoms with Gasteiger partial charge in [-0.1, -0.05) is 38.1 Å². The third-order valence-corrected chi connectivity index (χ3v) is 2.98. The Balaban J connectivity index is 2.00. The molecule has 20 heavy (non-hydrogen) atoms. The highest BCUT2D eigenvalue weighted by Gasteiger charge is 2.13. The van der Waals surface area contributed by atoms with Crippen LogP contribution in [0.1, 0.15) is 13.8 Å².